The van der Waals surface area contributed by atoms with E-state index in [-0.39, 0.29) is 0 Å². The van der Waals surface area contributed by atoms with Crippen molar-refractivity contribution < 1.29 is 4.74 Å². The standard InChI is InChI=1S/C26H33NO/c1-3-5-6-19-28-26-18-17-25(27-20-26)16-11-22-9-14-24(15-10-22)23-12-7-21(4-2)8-13-23/h9-10,14-15,17-18,20-21,23H,3-8,12-13,19H2,1-2H3/t21-,23-. The lowest BCUT2D eigenvalue weighted by molar-refractivity contribution is 0.305. The summed E-state index contributed by atoms with van der Waals surface area (Å²) in [4.78, 5) is 4.40. The molecule has 1 saturated carbocycles. The highest BCUT2D eigenvalue weighted by Crippen LogP contribution is 2.36. The predicted molar refractivity (Wildman–Crippen MR) is 117 cm³/mol. The second-order valence-electron chi connectivity index (χ2n) is 7.93. The second kappa shape index (κ2) is 10.9. The Morgan fingerprint density at radius 2 is 1.71 bits per heavy atom. The summed E-state index contributed by atoms with van der Waals surface area (Å²) in [5, 5.41) is 0. The first kappa shape index (κ1) is 20.5. The third-order valence-electron chi connectivity index (χ3n) is 5.89. The molecule has 0 amide bonds. The van der Waals surface area contributed by atoms with Crippen LogP contribution in [0.2, 0.25) is 0 Å². The number of unbranched alkanes of at least 4 members (excludes halogenated alkanes) is 2. The summed E-state index contributed by atoms with van der Waals surface area (Å²) in [5.41, 5.74) is 3.30. The quantitative estimate of drug-likeness (QED) is 0.395. The van der Waals surface area contributed by atoms with Gasteiger partial charge in [0.1, 0.15) is 11.4 Å². The molecular weight excluding hydrogens is 342 g/mol. The van der Waals surface area contributed by atoms with Crippen LogP contribution in [0.15, 0.2) is 42.6 Å². The molecule has 0 radical (unpaired) electrons. The molecule has 0 spiro atoms. The van der Waals surface area contributed by atoms with Gasteiger partial charge in [-0.25, -0.2) is 4.98 Å². The van der Waals surface area contributed by atoms with Crippen molar-refractivity contribution in [3.05, 3.63) is 59.4 Å². The molecule has 2 aromatic rings. The summed E-state index contributed by atoms with van der Waals surface area (Å²) in [6.07, 6.45) is 12.0. The Morgan fingerprint density at radius 1 is 0.929 bits per heavy atom. The number of nitrogens with zero attached hydrogens (tertiary/aromatic N) is 1. The van der Waals surface area contributed by atoms with Crippen molar-refractivity contribution in [1.29, 1.82) is 0 Å². The zero-order valence-electron chi connectivity index (χ0n) is 17.4. The van der Waals surface area contributed by atoms with E-state index in [2.05, 4.69) is 54.9 Å². The normalized spacial score (nSPS) is 18.9. The Hall–Kier alpha value is -2.27. The summed E-state index contributed by atoms with van der Waals surface area (Å²) in [6, 6.07) is 12.7. The van der Waals surface area contributed by atoms with Gasteiger partial charge in [0.15, 0.2) is 0 Å². The van der Waals surface area contributed by atoms with Gasteiger partial charge in [-0.3, -0.25) is 0 Å². The van der Waals surface area contributed by atoms with Gasteiger partial charge >= 0.3 is 0 Å². The van der Waals surface area contributed by atoms with E-state index in [1.54, 1.807) is 6.20 Å². The van der Waals surface area contributed by atoms with E-state index in [0.717, 1.165) is 41.9 Å². The molecule has 148 valence electrons. The first-order chi connectivity index (χ1) is 13.8. The number of benzene rings is 1. The van der Waals surface area contributed by atoms with E-state index >= 15 is 0 Å². The molecular formula is C26H33NO. The molecule has 1 fully saturated rings. The highest BCUT2D eigenvalue weighted by Gasteiger charge is 2.20. The number of aromatic nitrogens is 1. The van der Waals surface area contributed by atoms with Crippen molar-refractivity contribution in [3.63, 3.8) is 0 Å². The van der Waals surface area contributed by atoms with E-state index in [4.69, 9.17) is 4.74 Å². The van der Waals surface area contributed by atoms with Crippen molar-refractivity contribution in [2.45, 2.75) is 71.1 Å². The zero-order valence-corrected chi connectivity index (χ0v) is 17.4. The number of ether oxygens (including phenoxy) is 1. The summed E-state index contributed by atoms with van der Waals surface area (Å²) >= 11 is 0. The van der Waals surface area contributed by atoms with E-state index in [1.165, 1.54) is 50.5 Å². The number of hydrogen-bond donors (Lipinski definition) is 0. The van der Waals surface area contributed by atoms with Crippen LogP contribution in [-0.2, 0) is 0 Å². The highest BCUT2D eigenvalue weighted by atomic mass is 16.5. The van der Waals surface area contributed by atoms with Gasteiger partial charge in [-0.15, -0.1) is 0 Å². The van der Waals surface area contributed by atoms with Gasteiger partial charge in [0.05, 0.1) is 12.8 Å². The maximum atomic E-state index is 5.70. The summed E-state index contributed by atoms with van der Waals surface area (Å²) in [7, 11) is 0. The molecule has 2 heteroatoms. The minimum Gasteiger partial charge on any atom is -0.492 e. The highest BCUT2D eigenvalue weighted by molar-refractivity contribution is 5.42. The number of rotatable bonds is 7. The second-order valence-corrected chi connectivity index (χ2v) is 7.93. The van der Waals surface area contributed by atoms with E-state index in [9.17, 15) is 0 Å². The Labute approximate surface area is 170 Å². The topological polar surface area (TPSA) is 22.1 Å². The van der Waals surface area contributed by atoms with Crippen molar-refractivity contribution in [3.8, 4) is 17.6 Å². The van der Waals surface area contributed by atoms with Gasteiger partial charge < -0.3 is 4.74 Å². The molecule has 1 aromatic heterocycles. The van der Waals surface area contributed by atoms with Gasteiger partial charge in [-0.2, -0.15) is 0 Å². The Morgan fingerprint density at radius 3 is 2.36 bits per heavy atom. The van der Waals surface area contributed by atoms with E-state index in [0.29, 0.717) is 0 Å². The average Bonchev–Trinajstić information content (AvgIpc) is 2.76. The molecule has 0 bridgehead atoms. The first-order valence-electron chi connectivity index (χ1n) is 11.0. The molecule has 1 aliphatic carbocycles. The molecule has 0 N–H and O–H groups in total. The van der Waals surface area contributed by atoms with Crippen LogP contribution in [-0.4, -0.2) is 11.6 Å². The van der Waals surface area contributed by atoms with E-state index < -0.39 is 0 Å². The molecule has 3 rings (SSSR count). The van der Waals surface area contributed by atoms with Crippen molar-refractivity contribution in [2.75, 3.05) is 6.61 Å². The lowest BCUT2D eigenvalue weighted by atomic mass is 9.78. The summed E-state index contributed by atoms with van der Waals surface area (Å²) in [5.74, 6) is 8.90. The molecule has 2 nitrogen and oxygen atoms in total. The van der Waals surface area contributed by atoms with Gasteiger partial charge in [-0.05, 0) is 79.7 Å². The third-order valence-corrected chi connectivity index (χ3v) is 5.89. The monoisotopic (exact) mass is 375 g/mol. The molecule has 0 atom stereocenters. The van der Waals surface area contributed by atoms with Gasteiger partial charge in [0.2, 0.25) is 0 Å². The maximum absolute atomic E-state index is 5.70. The fourth-order valence-electron chi connectivity index (χ4n) is 3.96. The van der Waals surface area contributed by atoms with Crippen LogP contribution in [0.3, 0.4) is 0 Å². The maximum Gasteiger partial charge on any atom is 0.137 e. The third kappa shape index (κ3) is 6.13. The van der Waals surface area contributed by atoms with Gasteiger partial charge in [0.25, 0.3) is 0 Å². The smallest absolute Gasteiger partial charge is 0.137 e. The van der Waals surface area contributed by atoms with Crippen LogP contribution in [0, 0.1) is 17.8 Å². The van der Waals surface area contributed by atoms with Crippen LogP contribution in [0.25, 0.3) is 0 Å². The van der Waals surface area contributed by atoms with Gasteiger partial charge in [-0.1, -0.05) is 51.2 Å². The fraction of sp³-hybridized carbons (Fsp3) is 0.500. The summed E-state index contributed by atoms with van der Waals surface area (Å²) in [6.45, 7) is 5.27. The lowest BCUT2D eigenvalue weighted by Crippen LogP contribution is -2.12. The first-order valence-corrected chi connectivity index (χ1v) is 11.0. The van der Waals surface area contributed by atoms with Crippen LogP contribution in [0.4, 0.5) is 0 Å². The van der Waals surface area contributed by atoms with Crippen LogP contribution in [0.5, 0.6) is 5.75 Å². The van der Waals surface area contributed by atoms with Crippen LogP contribution in [0.1, 0.15) is 88.0 Å². The zero-order chi connectivity index (χ0) is 19.6. The van der Waals surface area contributed by atoms with Crippen molar-refractivity contribution >= 4 is 0 Å². The molecule has 1 aliphatic rings. The molecule has 1 heterocycles. The van der Waals surface area contributed by atoms with Crippen molar-refractivity contribution in [2.24, 2.45) is 5.92 Å². The number of pyridine rings is 1. The Kier molecular flexibility index (Phi) is 7.97. The molecule has 0 saturated heterocycles. The minimum atomic E-state index is 0.733. The Bertz CT molecular complexity index is 759. The largest absolute Gasteiger partial charge is 0.492 e. The average molecular weight is 376 g/mol. The molecule has 0 aliphatic heterocycles. The fourth-order valence-corrected chi connectivity index (χ4v) is 3.96. The van der Waals surface area contributed by atoms with Crippen LogP contribution >= 0.6 is 0 Å². The van der Waals surface area contributed by atoms with Gasteiger partial charge in [0, 0.05) is 5.56 Å². The lowest BCUT2D eigenvalue weighted by Gasteiger charge is -2.28. The summed E-state index contributed by atoms with van der Waals surface area (Å²) < 4.78 is 5.70. The predicted octanol–water partition coefficient (Wildman–Crippen LogP) is 6.73. The molecule has 28 heavy (non-hydrogen) atoms. The van der Waals surface area contributed by atoms with Crippen LogP contribution < -0.4 is 4.74 Å². The SMILES string of the molecule is CCCCCOc1ccc(C#Cc2ccc([C@H]3CC[C@H](CC)CC3)cc2)nc1. The molecule has 1 aromatic carbocycles. The number of hydrogen-bond acceptors (Lipinski definition) is 2. The Balaban J connectivity index is 1.52. The minimum absolute atomic E-state index is 0.733. The van der Waals surface area contributed by atoms with E-state index in [1.807, 2.05) is 12.1 Å². The molecule has 0 unspecified atom stereocenters. The van der Waals surface area contributed by atoms with Crippen molar-refractivity contribution in [1.82, 2.24) is 4.98 Å².